The largest absolute Gasteiger partial charge is 0.272 e. The van der Waals surface area contributed by atoms with Crippen LogP contribution >= 0.6 is 47.8 Å². The highest BCUT2D eigenvalue weighted by Gasteiger charge is 2.35. The highest BCUT2D eigenvalue weighted by atomic mass is 80.0. The van der Waals surface area contributed by atoms with Crippen LogP contribution in [0.3, 0.4) is 0 Å². The Morgan fingerprint density at radius 2 is 1.82 bits per heavy atom. The van der Waals surface area contributed by atoms with Crippen molar-refractivity contribution in [1.29, 1.82) is 0 Å². The Balaban J connectivity index is 2.81. The fraction of sp³-hybridized carbons (Fsp3) is 0.200. The number of alkyl halides is 3. The third-order valence-electron chi connectivity index (χ3n) is 2.27. The Morgan fingerprint density at radius 1 is 1.18 bits per heavy atom. The molecule has 0 spiro atoms. The zero-order valence-electron chi connectivity index (χ0n) is 8.27. The maximum absolute atomic E-state index is 11.2. The third kappa shape index (κ3) is 2.89. The van der Waals surface area contributed by atoms with Gasteiger partial charge in [0.15, 0.2) is 2.14 Å². The Morgan fingerprint density at radius 3 is 2.41 bits per heavy atom. The van der Waals surface area contributed by atoms with Gasteiger partial charge in [-0.15, -0.1) is 0 Å². The van der Waals surface area contributed by atoms with E-state index < -0.39 is 18.5 Å². The van der Waals surface area contributed by atoms with E-state index in [9.17, 15) is 8.42 Å². The average molecular weight is 444 g/mol. The molecule has 7 heteroatoms. The molecule has 0 amide bonds. The lowest BCUT2D eigenvalue weighted by Crippen LogP contribution is -2.41. The minimum atomic E-state index is -2.31. The topological polar surface area (TPSA) is 46.5 Å². The Labute approximate surface area is 125 Å². The van der Waals surface area contributed by atoms with Gasteiger partial charge in [0.1, 0.15) is 10.9 Å². The molecule has 0 radical (unpaired) electrons. The first-order valence-corrected chi connectivity index (χ1v) is 8.02. The van der Waals surface area contributed by atoms with Gasteiger partial charge in [0.05, 0.1) is 5.36 Å². The van der Waals surface area contributed by atoms with Crippen LogP contribution in [0.2, 0.25) is 0 Å². The maximum atomic E-state index is 11.2. The summed E-state index contributed by atoms with van der Waals surface area (Å²) in [6.07, 6.45) is 1.63. The molecule has 0 aromatic heterocycles. The first kappa shape index (κ1) is 13.5. The second-order valence-corrected chi connectivity index (χ2v) is 11.3. The fourth-order valence-electron chi connectivity index (χ4n) is 1.54. The lowest BCUT2D eigenvalue weighted by molar-refractivity contribution is 0.626. The molecular formula is C10H6Br3NO2S. The first-order chi connectivity index (χ1) is 7.89. The van der Waals surface area contributed by atoms with E-state index in [0.717, 1.165) is 10.6 Å². The van der Waals surface area contributed by atoms with Crippen molar-refractivity contribution in [3.63, 3.8) is 0 Å². The summed E-state index contributed by atoms with van der Waals surface area (Å²) < 4.78 is 21.7. The quantitative estimate of drug-likeness (QED) is 0.449. The van der Waals surface area contributed by atoms with Crippen molar-refractivity contribution >= 4 is 69.0 Å². The number of fused-ring (bicyclic) bond motifs is 1. The number of hydrogen-bond donors (Lipinski definition) is 0. The number of benzene rings is 1. The molecule has 1 heterocycles. The summed E-state index contributed by atoms with van der Waals surface area (Å²) in [7, 11) is -2.31. The lowest BCUT2D eigenvalue weighted by atomic mass is 10.1. The van der Waals surface area contributed by atoms with Crippen molar-refractivity contribution in [2.45, 2.75) is 8.18 Å². The van der Waals surface area contributed by atoms with E-state index in [4.69, 9.17) is 0 Å². The van der Waals surface area contributed by atoms with E-state index >= 15 is 0 Å². The van der Waals surface area contributed by atoms with Gasteiger partial charge in [-0.3, -0.25) is 4.99 Å². The molecule has 0 fully saturated rings. The van der Waals surface area contributed by atoms with Gasteiger partial charge in [-0.2, -0.15) is 8.42 Å². The van der Waals surface area contributed by atoms with Gasteiger partial charge >= 0.3 is 0 Å². The number of para-hydroxylation sites is 1. The van der Waals surface area contributed by atoms with Gasteiger partial charge in [-0.25, -0.2) is 0 Å². The zero-order chi connectivity index (χ0) is 12.6. The zero-order valence-corrected chi connectivity index (χ0v) is 13.8. The normalized spacial score (nSPS) is 19.0. The second-order valence-electron chi connectivity index (χ2n) is 3.41. The molecule has 1 atom stereocenters. The lowest BCUT2D eigenvalue weighted by Gasteiger charge is -2.22. The number of halogens is 3. The molecule has 2 rings (SSSR count). The van der Waals surface area contributed by atoms with Crippen LogP contribution in [0.15, 0.2) is 29.3 Å². The molecule has 1 unspecified atom stereocenters. The Bertz CT molecular complexity index is 696. The van der Waals surface area contributed by atoms with Crippen LogP contribution in [0.25, 0.3) is 6.08 Å². The fourth-order valence-corrected chi connectivity index (χ4v) is 3.67. The summed E-state index contributed by atoms with van der Waals surface area (Å²) in [5.41, 5.74) is 0. The van der Waals surface area contributed by atoms with Gasteiger partial charge in [0.2, 0.25) is 10.3 Å². The predicted octanol–water partition coefficient (Wildman–Crippen LogP) is 1.36. The van der Waals surface area contributed by atoms with Crippen molar-refractivity contribution in [1.82, 2.24) is 0 Å². The summed E-state index contributed by atoms with van der Waals surface area (Å²) in [6, 6.07) is 6.84. The first-order valence-electron chi connectivity index (χ1n) is 4.57. The summed E-state index contributed by atoms with van der Waals surface area (Å²) in [5.74, 6) is 0. The molecule has 90 valence electrons. The molecule has 17 heavy (non-hydrogen) atoms. The maximum Gasteiger partial charge on any atom is 0.219 e. The van der Waals surface area contributed by atoms with Gasteiger partial charge < -0.3 is 0 Å². The summed E-state index contributed by atoms with van der Waals surface area (Å²) >= 11 is 9.98. The van der Waals surface area contributed by atoms with Gasteiger partial charge in [-0.05, 0) is 12.1 Å². The van der Waals surface area contributed by atoms with E-state index in [1.807, 2.05) is 24.3 Å². The predicted molar refractivity (Wildman–Crippen MR) is 78.9 cm³/mol. The number of rotatable bonds is 0. The highest BCUT2D eigenvalue weighted by Crippen LogP contribution is 2.39. The van der Waals surface area contributed by atoms with E-state index in [2.05, 4.69) is 52.8 Å². The van der Waals surface area contributed by atoms with Crippen molar-refractivity contribution in [3.05, 3.63) is 34.8 Å². The SMILES string of the molecule is O=S(=O)=C1C=c2ccccc2=NC1C(Br)(Br)Br. The molecular weight excluding hydrogens is 438 g/mol. The van der Waals surface area contributed by atoms with Crippen LogP contribution in [0.5, 0.6) is 0 Å². The smallest absolute Gasteiger partial charge is 0.219 e. The Kier molecular flexibility index (Phi) is 3.92. The van der Waals surface area contributed by atoms with Crippen LogP contribution in [0, 0.1) is 0 Å². The molecule has 1 aromatic carbocycles. The minimum absolute atomic E-state index is 0.231. The van der Waals surface area contributed by atoms with Gasteiger partial charge in [-0.1, -0.05) is 66.0 Å². The van der Waals surface area contributed by atoms with E-state index in [1.54, 1.807) is 6.08 Å². The Hall–Kier alpha value is 0.0200. The summed E-state index contributed by atoms with van der Waals surface area (Å²) in [6.45, 7) is 0. The molecule has 1 aromatic rings. The molecule has 0 aliphatic carbocycles. The molecule has 0 bridgehead atoms. The average Bonchev–Trinajstić information content (AvgIpc) is 2.26. The van der Waals surface area contributed by atoms with Crippen molar-refractivity contribution in [2.75, 3.05) is 0 Å². The molecule has 0 N–H and O–H groups in total. The summed E-state index contributed by atoms with van der Waals surface area (Å²) in [4.78, 5) is 4.65. The summed E-state index contributed by atoms with van der Waals surface area (Å²) in [5, 5.41) is 1.58. The van der Waals surface area contributed by atoms with E-state index in [0.29, 0.717) is 0 Å². The second kappa shape index (κ2) is 4.95. The third-order valence-corrected chi connectivity index (χ3v) is 4.30. The monoisotopic (exact) mass is 441 g/mol. The van der Waals surface area contributed by atoms with Crippen molar-refractivity contribution in [2.24, 2.45) is 4.99 Å². The number of hydrogen-bond acceptors (Lipinski definition) is 3. The van der Waals surface area contributed by atoms with Gasteiger partial charge in [0, 0.05) is 5.22 Å². The van der Waals surface area contributed by atoms with Crippen LogP contribution in [-0.4, -0.2) is 21.5 Å². The molecule has 3 nitrogen and oxygen atoms in total. The van der Waals surface area contributed by atoms with Crippen LogP contribution in [0.4, 0.5) is 0 Å². The van der Waals surface area contributed by atoms with Crippen LogP contribution < -0.4 is 10.6 Å². The van der Waals surface area contributed by atoms with E-state index in [1.165, 1.54) is 0 Å². The number of nitrogens with zero attached hydrogens (tertiary/aromatic N) is 1. The molecule has 1 aliphatic heterocycles. The molecule has 0 saturated carbocycles. The van der Waals surface area contributed by atoms with Crippen LogP contribution in [-0.2, 0) is 10.3 Å². The standard InChI is InChI=1S/C10H6Br3NO2S/c11-10(12,13)9-8(17(15)16)5-6-3-1-2-4-7(6)14-9/h1-5,9H. The molecule has 0 saturated heterocycles. The molecule has 1 aliphatic rings. The van der Waals surface area contributed by atoms with Crippen molar-refractivity contribution in [3.8, 4) is 0 Å². The minimum Gasteiger partial charge on any atom is -0.272 e. The van der Waals surface area contributed by atoms with Gasteiger partial charge in [0.25, 0.3) is 0 Å². The highest BCUT2D eigenvalue weighted by molar-refractivity contribution is 9.39. The van der Waals surface area contributed by atoms with Crippen LogP contribution in [0.1, 0.15) is 0 Å². The van der Waals surface area contributed by atoms with Crippen molar-refractivity contribution < 1.29 is 8.42 Å². The van der Waals surface area contributed by atoms with E-state index in [-0.39, 0.29) is 4.86 Å².